The molecule has 0 aromatic heterocycles. The van der Waals surface area contributed by atoms with Crippen LogP contribution >= 0.6 is 11.6 Å². The van der Waals surface area contributed by atoms with Gasteiger partial charge in [0.25, 0.3) is 0 Å². The number of halogens is 1. The van der Waals surface area contributed by atoms with Crippen molar-refractivity contribution in [1.29, 1.82) is 0 Å². The van der Waals surface area contributed by atoms with E-state index in [4.69, 9.17) is 11.6 Å². The molecule has 0 spiro atoms. The van der Waals surface area contributed by atoms with Crippen LogP contribution in [0.2, 0.25) is 0 Å². The first-order valence-electron chi connectivity index (χ1n) is 7.66. The topological polar surface area (TPSA) is 0 Å². The Balaban J connectivity index is 2.01. The van der Waals surface area contributed by atoms with E-state index < -0.39 is 0 Å². The molecule has 0 amide bonds. The van der Waals surface area contributed by atoms with E-state index in [-0.39, 0.29) is 0 Å². The Hall–Kier alpha value is 0.0300. The molecule has 0 bridgehead atoms. The molecule has 1 rings (SSSR count). The van der Waals surface area contributed by atoms with Crippen molar-refractivity contribution in [2.45, 2.75) is 89.4 Å². The molecular weight excluding hydrogens is 228 g/mol. The van der Waals surface area contributed by atoms with Gasteiger partial charge < -0.3 is 0 Å². The highest BCUT2D eigenvalue weighted by atomic mass is 35.5. The van der Waals surface area contributed by atoms with Crippen LogP contribution in [0.5, 0.6) is 0 Å². The highest BCUT2D eigenvalue weighted by molar-refractivity contribution is 6.21. The fraction of sp³-hybridized carbons (Fsp3) is 0.875. The van der Waals surface area contributed by atoms with Gasteiger partial charge in [0, 0.05) is 0 Å². The molecular formula is C16H29Cl. The SMILES string of the molecule is CCCCCCCCCC1=CC(Cl)CCCC1. The first-order valence-corrected chi connectivity index (χ1v) is 8.10. The van der Waals surface area contributed by atoms with Crippen molar-refractivity contribution in [3.05, 3.63) is 11.6 Å². The molecule has 0 nitrogen and oxygen atoms in total. The minimum Gasteiger partial charge on any atom is -0.118 e. The first kappa shape index (κ1) is 15.1. The fourth-order valence-electron chi connectivity index (χ4n) is 2.63. The highest BCUT2D eigenvalue weighted by Gasteiger charge is 2.08. The molecule has 1 aliphatic carbocycles. The van der Waals surface area contributed by atoms with Crippen LogP contribution in [0.25, 0.3) is 0 Å². The minimum absolute atomic E-state index is 0.317. The number of hydrogen-bond donors (Lipinski definition) is 0. The Morgan fingerprint density at radius 3 is 2.53 bits per heavy atom. The first-order chi connectivity index (χ1) is 8.33. The van der Waals surface area contributed by atoms with E-state index in [0.29, 0.717) is 5.38 Å². The Labute approximate surface area is 113 Å². The zero-order chi connectivity index (χ0) is 12.3. The molecule has 1 unspecified atom stereocenters. The van der Waals surface area contributed by atoms with Gasteiger partial charge in [-0.3, -0.25) is 0 Å². The van der Waals surface area contributed by atoms with E-state index in [1.54, 1.807) is 5.57 Å². The molecule has 0 saturated heterocycles. The molecule has 100 valence electrons. The second kappa shape index (κ2) is 10.00. The van der Waals surface area contributed by atoms with Crippen LogP contribution in [0.3, 0.4) is 0 Å². The zero-order valence-electron chi connectivity index (χ0n) is 11.5. The predicted molar refractivity (Wildman–Crippen MR) is 78.8 cm³/mol. The van der Waals surface area contributed by atoms with Crippen molar-refractivity contribution in [3.8, 4) is 0 Å². The molecule has 0 saturated carbocycles. The van der Waals surface area contributed by atoms with E-state index in [0.717, 1.165) is 0 Å². The van der Waals surface area contributed by atoms with Crippen molar-refractivity contribution in [1.82, 2.24) is 0 Å². The smallest absolute Gasteiger partial charge is 0.0518 e. The number of hydrogen-bond acceptors (Lipinski definition) is 0. The second-order valence-corrected chi connectivity index (χ2v) is 6.02. The van der Waals surface area contributed by atoms with Crippen LogP contribution in [-0.2, 0) is 0 Å². The van der Waals surface area contributed by atoms with Gasteiger partial charge in [0.05, 0.1) is 5.38 Å². The summed E-state index contributed by atoms with van der Waals surface area (Å²) < 4.78 is 0. The van der Waals surface area contributed by atoms with E-state index >= 15 is 0 Å². The molecule has 0 aliphatic heterocycles. The third-order valence-electron chi connectivity index (χ3n) is 3.75. The molecule has 0 aromatic rings. The number of allylic oxidation sites excluding steroid dienone is 2. The lowest BCUT2D eigenvalue weighted by atomic mass is 10.0. The molecule has 1 aliphatic rings. The molecule has 1 atom stereocenters. The van der Waals surface area contributed by atoms with Crippen molar-refractivity contribution >= 4 is 11.6 Å². The van der Waals surface area contributed by atoms with Crippen LogP contribution < -0.4 is 0 Å². The van der Waals surface area contributed by atoms with E-state index in [1.165, 1.54) is 77.0 Å². The third kappa shape index (κ3) is 7.86. The van der Waals surface area contributed by atoms with Crippen LogP contribution in [0, 0.1) is 0 Å². The molecule has 0 N–H and O–H groups in total. The standard InChI is InChI=1S/C16H29Cl/c1-2-3-4-5-6-7-8-11-15-12-9-10-13-16(17)14-15/h14,16H,2-13H2,1H3. The highest BCUT2D eigenvalue weighted by Crippen LogP contribution is 2.24. The largest absolute Gasteiger partial charge is 0.118 e. The summed E-state index contributed by atoms with van der Waals surface area (Å²) in [4.78, 5) is 0. The lowest BCUT2D eigenvalue weighted by Gasteiger charge is -2.06. The summed E-state index contributed by atoms with van der Waals surface area (Å²) in [5.74, 6) is 0. The Morgan fingerprint density at radius 2 is 1.76 bits per heavy atom. The maximum Gasteiger partial charge on any atom is 0.0518 e. The third-order valence-corrected chi connectivity index (χ3v) is 4.09. The molecule has 0 radical (unpaired) electrons. The predicted octanol–water partition coefficient (Wildman–Crippen LogP) is 6.23. The van der Waals surface area contributed by atoms with Gasteiger partial charge in [-0.25, -0.2) is 0 Å². The molecule has 0 fully saturated rings. The summed E-state index contributed by atoms with van der Waals surface area (Å²) in [6, 6.07) is 0. The van der Waals surface area contributed by atoms with E-state index in [1.807, 2.05) is 0 Å². The maximum atomic E-state index is 6.24. The van der Waals surface area contributed by atoms with Gasteiger partial charge in [0.1, 0.15) is 0 Å². The lowest BCUT2D eigenvalue weighted by molar-refractivity contribution is 0.584. The van der Waals surface area contributed by atoms with Crippen molar-refractivity contribution in [3.63, 3.8) is 0 Å². The van der Waals surface area contributed by atoms with Crippen LogP contribution in [-0.4, -0.2) is 5.38 Å². The normalized spacial score (nSPS) is 21.1. The average Bonchev–Trinajstić information content (AvgIpc) is 2.52. The van der Waals surface area contributed by atoms with Crippen molar-refractivity contribution in [2.24, 2.45) is 0 Å². The summed E-state index contributed by atoms with van der Waals surface area (Å²) in [7, 11) is 0. The molecule has 1 heteroatoms. The van der Waals surface area contributed by atoms with Gasteiger partial charge in [0.2, 0.25) is 0 Å². The molecule has 17 heavy (non-hydrogen) atoms. The van der Waals surface area contributed by atoms with Gasteiger partial charge in [-0.05, 0) is 32.1 Å². The second-order valence-electron chi connectivity index (χ2n) is 5.46. The number of unbranched alkanes of at least 4 members (excludes halogenated alkanes) is 6. The number of alkyl halides is 1. The van der Waals surface area contributed by atoms with Crippen LogP contribution in [0.15, 0.2) is 11.6 Å². The summed E-state index contributed by atoms with van der Waals surface area (Å²) >= 11 is 6.24. The van der Waals surface area contributed by atoms with Crippen LogP contribution in [0.4, 0.5) is 0 Å². The fourth-order valence-corrected chi connectivity index (χ4v) is 2.96. The average molecular weight is 257 g/mol. The van der Waals surface area contributed by atoms with Crippen molar-refractivity contribution < 1.29 is 0 Å². The van der Waals surface area contributed by atoms with Gasteiger partial charge in [-0.1, -0.05) is 63.5 Å². The summed E-state index contributed by atoms with van der Waals surface area (Å²) in [5, 5.41) is 0.317. The van der Waals surface area contributed by atoms with Crippen LogP contribution in [0.1, 0.15) is 84.0 Å². The molecule has 0 aromatic carbocycles. The Morgan fingerprint density at radius 1 is 1.06 bits per heavy atom. The minimum atomic E-state index is 0.317. The Kier molecular flexibility index (Phi) is 8.88. The maximum absolute atomic E-state index is 6.24. The number of rotatable bonds is 8. The van der Waals surface area contributed by atoms with Gasteiger partial charge in [-0.15, -0.1) is 11.6 Å². The summed E-state index contributed by atoms with van der Waals surface area (Å²) in [6.45, 7) is 2.28. The Bertz CT molecular complexity index is 208. The van der Waals surface area contributed by atoms with E-state index in [9.17, 15) is 0 Å². The lowest BCUT2D eigenvalue weighted by Crippen LogP contribution is -1.91. The monoisotopic (exact) mass is 256 g/mol. The van der Waals surface area contributed by atoms with Crippen molar-refractivity contribution in [2.75, 3.05) is 0 Å². The molecule has 0 heterocycles. The zero-order valence-corrected chi connectivity index (χ0v) is 12.3. The quantitative estimate of drug-likeness (QED) is 0.274. The summed E-state index contributed by atoms with van der Waals surface area (Å²) in [5.41, 5.74) is 1.64. The van der Waals surface area contributed by atoms with Gasteiger partial charge >= 0.3 is 0 Å². The van der Waals surface area contributed by atoms with E-state index in [2.05, 4.69) is 13.0 Å². The van der Waals surface area contributed by atoms with Gasteiger partial charge in [-0.2, -0.15) is 0 Å². The summed E-state index contributed by atoms with van der Waals surface area (Å²) in [6.07, 6.45) is 18.6. The van der Waals surface area contributed by atoms with Gasteiger partial charge in [0.15, 0.2) is 0 Å².